The van der Waals surface area contributed by atoms with E-state index in [1.54, 1.807) is 6.20 Å². The van der Waals surface area contributed by atoms with Gasteiger partial charge in [-0.3, -0.25) is 15.0 Å². The first kappa shape index (κ1) is 84.9. The van der Waals surface area contributed by atoms with Crippen LogP contribution >= 0.6 is 0 Å². The molecule has 21 aromatic carbocycles. The maximum Gasteiger partial charge on any atom is 0.164 e. The SMILES string of the molecule is c1ccc2cc(-c3nc(-c4ccc(-c5cccc6ccccc56)cc4)nc(-c4cccc5oc6cc7cccnc7cc6c45)n3)ccc2c1.c1ccc2cc(-c3nc(-c4ccc(-c5cccc6ccccc56)cc4)nc(-c4cccc5oc6cc7ccncc7cc6c45)n3)ccc2c1.c1ccc2cc(-c3nc(-c4ccc(-c5cccc6ccccc56)cc4)nc(-c4cccc5oc6cc7cnccc7cc6c45)n3)ccc2c1. The van der Waals surface area contributed by atoms with Gasteiger partial charge in [0.05, 0.1) is 5.52 Å². The van der Waals surface area contributed by atoms with E-state index in [9.17, 15) is 0 Å². The molecule has 0 atom stereocenters. The molecule has 0 radical (unpaired) electrons. The molecule has 9 heterocycles. The van der Waals surface area contributed by atoms with Crippen molar-refractivity contribution in [2.75, 3.05) is 0 Å². The quantitative estimate of drug-likeness (QED) is 0.112. The summed E-state index contributed by atoms with van der Waals surface area (Å²) < 4.78 is 19.2. The van der Waals surface area contributed by atoms with Crippen molar-refractivity contribution in [2.24, 2.45) is 0 Å². The molecule has 147 heavy (non-hydrogen) atoms. The third-order valence-corrected chi connectivity index (χ3v) is 28.1. The first-order chi connectivity index (χ1) is 72.7. The van der Waals surface area contributed by atoms with Crippen LogP contribution < -0.4 is 0 Å². The molecule has 9 aromatic heterocycles. The lowest BCUT2D eigenvalue weighted by molar-refractivity contribution is 0.669. The molecule has 0 unspecified atom stereocenters. The lowest BCUT2D eigenvalue weighted by Crippen LogP contribution is -2.00. The number of furan rings is 3. The van der Waals surface area contributed by atoms with E-state index in [-0.39, 0.29) is 0 Å². The molecule has 0 N–H and O–H groups in total. The van der Waals surface area contributed by atoms with Gasteiger partial charge in [0.15, 0.2) is 52.4 Å². The van der Waals surface area contributed by atoms with E-state index in [0.29, 0.717) is 52.4 Å². The van der Waals surface area contributed by atoms with Gasteiger partial charge in [-0.15, -0.1) is 0 Å². The van der Waals surface area contributed by atoms with E-state index in [0.717, 1.165) is 181 Å². The molecule has 0 aliphatic rings. The standard InChI is InChI=1S/3C44H26N4O/c1-2-10-31-24-33(22-17-27(31)8-1)43-46-42(30-20-18-29(19-21-30)35-14-5-11-28-9-3-4-13-34(28)35)47-44(48-43)36-15-6-16-39-41(36)37-26-38-32(12-7-23-45-38)25-40(37)49-39;1-2-9-31-23-33(20-15-27(31)7-1)43-46-42(30-18-16-29(17-19-30)36-12-5-10-28-8-3-4-11-35(28)36)47-44(48-43)37-13-6-14-39-41(37)38-24-34-26-45-22-21-32(34)25-40(38)49-39;1-2-9-31-23-33(20-15-27(31)7-1)43-46-42(30-18-16-29(17-19-30)36-12-5-10-28-8-3-4-11-35(28)36)47-44(48-43)37-13-6-14-39-41(37)38-24-32-21-22-45-26-34(32)25-40(38)49-39/h3*1-26H. The molecular formula is C132H78N12O3. The second-order valence-electron chi connectivity index (χ2n) is 36.9. The molecule has 0 saturated carbocycles. The van der Waals surface area contributed by atoms with E-state index in [2.05, 4.69) is 403 Å². The summed E-state index contributed by atoms with van der Waals surface area (Å²) in [7, 11) is 0. The van der Waals surface area contributed by atoms with Crippen LogP contribution in [0.15, 0.2) is 487 Å². The zero-order valence-corrected chi connectivity index (χ0v) is 78.6. The van der Waals surface area contributed by atoms with Gasteiger partial charge in [0.25, 0.3) is 0 Å². The monoisotopic (exact) mass is 1880 g/mol. The van der Waals surface area contributed by atoms with Crippen LogP contribution in [-0.2, 0) is 0 Å². The summed E-state index contributed by atoms with van der Waals surface area (Å²) in [6.45, 7) is 0. The zero-order valence-electron chi connectivity index (χ0n) is 78.6. The second kappa shape index (κ2) is 35.6. The predicted octanol–water partition coefficient (Wildman–Crippen LogP) is 33.9. The molecule has 15 nitrogen and oxygen atoms in total. The summed E-state index contributed by atoms with van der Waals surface area (Å²) >= 11 is 0. The predicted molar refractivity (Wildman–Crippen MR) is 597 cm³/mol. The van der Waals surface area contributed by atoms with Gasteiger partial charge in [-0.1, -0.05) is 352 Å². The van der Waals surface area contributed by atoms with Gasteiger partial charge < -0.3 is 13.3 Å². The van der Waals surface area contributed by atoms with Crippen LogP contribution in [0.2, 0.25) is 0 Å². The molecule has 0 spiro atoms. The highest BCUT2D eigenvalue weighted by atomic mass is 16.3. The summed E-state index contributed by atoms with van der Waals surface area (Å²) in [5, 5.41) is 25.4. The normalized spacial score (nSPS) is 11.7. The Balaban J connectivity index is 0.000000107. The van der Waals surface area contributed by atoms with E-state index in [4.69, 9.17) is 58.1 Å². The Morgan fingerprint density at radius 2 is 0.408 bits per heavy atom. The highest BCUT2D eigenvalue weighted by Gasteiger charge is 2.26. The number of nitrogens with zero attached hydrogens (tertiary/aromatic N) is 12. The van der Waals surface area contributed by atoms with Gasteiger partial charge in [-0.25, -0.2) is 44.9 Å². The van der Waals surface area contributed by atoms with E-state index in [1.807, 2.05) is 79.4 Å². The Hall–Kier alpha value is -20.2. The van der Waals surface area contributed by atoms with Crippen molar-refractivity contribution < 1.29 is 13.3 Å². The molecule has 0 aliphatic carbocycles. The maximum atomic E-state index is 6.39. The van der Waals surface area contributed by atoms with Crippen molar-refractivity contribution in [1.29, 1.82) is 0 Å². The molecule has 30 aromatic rings. The van der Waals surface area contributed by atoms with Crippen molar-refractivity contribution in [3.05, 3.63) is 474 Å². The number of hydrogen-bond acceptors (Lipinski definition) is 15. The molecule has 0 amide bonds. The zero-order chi connectivity index (χ0) is 96.9. The average Bonchev–Trinajstić information content (AvgIpc) is 1.63. The summed E-state index contributed by atoms with van der Waals surface area (Å²) in [6.07, 6.45) is 9.19. The van der Waals surface area contributed by atoms with Crippen molar-refractivity contribution in [3.63, 3.8) is 0 Å². The van der Waals surface area contributed by atoms with Crippen molar-refractivity contribution in [2.45, 2.75) is 0 Å². The molecule has 0 aliphatic heterocycles. The van der Waals surface area contributed by atoms with Crippen LogP contribution in [-0.4, -0.2) is 59.8 Å². The molecular weight excluding hydrogens is 1800 g/mol. The van der Waals surface area contributed by atoms with Gasteiger partial charge in [0.1, 0.15) is 33.5 Å². The summed E-state index contributed by atoms with van der Waals surface area (Å²) in [5.74, 6) is 5.43. The fourth-order valence-corrected chi connectivity index (χ4v) is 20.8. The van der Waals surface area contributed by atoms with Crippen LogP contribution in [0, 0.1) is 0 Å². The Bertz CT molecular complexity index is 9610. The number of rotatable bonds is 12. The van der Waals surface area contributed by atoms with Gasteiger partial charge in [0.2, 0.25) is 0 Å². The first-order valence-electron chi connectivity index (χ1n) is 48.9. The molecule has 0 bridgehead atoms. The number of pyridine rings is 3. The first-order valence-corrected chi connectivity index (χ1v) is 48.9. The van der Waals surface area contributed by atoms with Gasteiger partial charge in [-0.05, 0) is 200 Å². The third kappa shape index (κ3) is 15.6. The van der Waals surface area contributed by atoms with Gasteiger partial charge in [-0.2, -0.15) is 0 Å². The Labute approximate surface area is 839 Å². The Morgan fingerprint density at radius 1 is 0.143 bits per heavy atom. The number of benzene rings is 21. The lowest BCUT2D eigenvalue weighted by Gasteiger charge is -2.11. The minimum atomic E-state index is 0.584. The Morgan fingerprint density at radius 3 is 0.796 bits per heavy atom. The number of aromatic nitrogens is 12. The fraction of sp³-hybridized carbons (Fsp3) is 0. The van der Waals surface area contributed by atoms with Crippen LogP contribution in [0.25, 0.3) is 299 Å². The van der Waals surface area contributed by atoms with Crippen LogP contribution in [0.5, 0.6) is 0 Å². The fourth-order valence-electron chi connectivity index (χ4n) is 20.8. The average molecular weight is 1880 g/mol. The van der Waals surface area contributed by atoms with Crippen LogP contribution in [0.4, 0.5) is 0 Å². The van der Waals surface area contributed by atoms with Crippen LogP contribution in [0.1, 0.15) is 0 Å². The smallest absolute Gasteiger partial charge is 0.164 e. The van der Waals surface area contributed by atoms with Crippen molar-refractivity contribution in [1.82, 2.24) is 59.8 Å². The van der Waals surface area contributed by atoms with Crippen molar-refractivity contribution in [3.8, 4) is 136 Å². The molecule has 15 heteroatoms. The van der Waals surface area contributed by atoms with Gasteiger partial charge in [0, 0.05) is 130 Å². The summed E-state index contributed by atoms with van der Waals surface area (Å²) in [4.78, 5) is 59.3. The summed E-state index contributed by atoms with van der Waals surface area (Å²) in [5.41, 5.74) is 20.8. The minimum Gasteiger partial charge on any atom is -0.456 e. The highest BCUT2D eigenvalue weighted by Crippen LogP contribution is 2.46. The molecule has 684 valence electrons. The van der Waals surface area contributed by atoms with E-state index >= 15 is 0 Å². The highest BCUT2D eigenvalue weighted by molar-refractivity contribution is 6.18. The number of fused-ring (bicyclic) bond motifs is 18. The lowest BCUT2D eigenvalue weighted by atomic mass is 9.97. The molecule has 0 saturated heterocycles. The minimum absolute atomic E-state index is 0.584. The second-order valence-corrected chi connectivity index (χ2v) is 36.9. The topological polar surface area (TPSA) is 194 Å². The van der Waals surface area contributed by atoms with Crippen molar-refractivity contribution >= 4 is 163 Å². The third-order valence-electron chi connectivity index (χ3n) is 28.1. The molecule has 0 fully saturated rings. The van der Waals surface area contributed by atoms with E-state index in [1.165, 1.54) is 65.2 Å². The maximum absolute atomic E-state index is 6.39. The van der Waals surface area contributed by atoms with Gasteiger partial charge >= 0.3 is 0 Å². The Kier molecular flexibility index (Phi) is 20.5. The van der Waals surface area contributed by atoms with E-state index < -0.39 is 0 Å². The largest absolute Gasteiger partial charge is 0.456 e. The molecule has 30 rings (SSSR count). The number of hydrogen-bond donors (Lipinski definition) is 0. The van der Waals surface area contributed by atoms with Crippen LogP contribution in [0.3, 0.4) is 0 Å². The summed E-state index contributed by atoms with van der Waals surface area (Å²) in [6, 6.07) is 153.